The van der Waals surface area contributed by atoms with E-state index in [1.54, 1.807) is 24.3 Å². The summed E-state index contributed by atoms with van der Waals surface area (Å²) in [5.41, 5.74) is 2.91. The molecular weight excluding hydrogens is 330 g/mol. The lowest BCUT2D eigenvalue weighted by Crippen LogP contribution is -2.40. The zero-order chi connectivity index (χ0) is 16.4. The zero-order valence-corrected chi connectivity index (χ0v) is 14.4. The molecule has 0 atom stereocenters. The number of halogens is 1. The number of hydrogen-bond acceptors (Lipinski definition) is 3. The van der Waals surface area contributed by atoms with Gasteiger partial charge in [0.1, 0.15) is 0 Å². The van der Waals surface area contributed by atoms with Crippen LogP contribution in [0.2, 0.25) is 5.02 Å². The Morgan fingerprint density at radius 1 is 1.04 bits per heavy atom. The Labute approximate surface area is 142 Å². The molecule has 120 valence electrons. The van der Waals surface area contributed by atoms with Crippen LogP contribution in [-0.4, -0.2) is 32.7 Å². The van der Waals surface area contributed by atoms with Crippen LogP contribution in [0.3, 0.4) is 0 Å². The highest BCUT2D eigenvalue weighted by molar-refractivity contribution is 8.00. The molecular formula is C18H18ClNO2S. The largest absolute Gasteiger partial charge is 0.291 e. The maximum absolute atomic E-state index is 12.2. The van der Waals surface area contributed by atoms with Gasteiger partial charge in [-0.25, -0.2) is 8.42 Å². The first-order valence-corrected chi connectivity index (χ1v) is 9.65. The van der Waals surface area contributed by atoms with Crippen molar-refractivity contribution >= 4 is 26.3 Å². The smallest absolute Gasteiger partial charge is 0.176 e. The van der Waals surface area contributed by atoms with Crippen molar-refractivity contribution in [2.75, 3.05) is 19.3 Å². The van der Waals surface area contributed by atoms with E-state index in [-0.39, 0.29) is 0 Å². The second-order valence-electron chi connectivity index (χ2n) is 5.84. The molecule has 3 nitrogen and oxygen atoms in total. The van der Waals surface area contributed by atoms with E-state index in [1.165, 1.54) is 11.8 Å². The van der Waals surface area contributed by atoms with Crippen molar-refractivity contribution in [3.05, 3.63) is 76.3 Å². The van der Waals surface area contributed by atoms with Crippen LogP contribution in [0.1, 0.15) is 11.1 Å². The van der Waals surface area contributed by atoms with Crippen molar-refractivity contribution in [1.82, 2.24) is 4.90 Å². The Kier molecular flexibility index (Phi) is 4.57. The predicted molar refractivity (Wildman–Crippen MR) is 94.9 cm³/mol. The van der Waals surface area contributed by atoms with Gasteiger partial charge in [-0.1, -0.05) is 54.1 Å². The maximum atomic E-state index is 12.2. The summed E-state index contributed by atoms with van der Waals surface area (Å²) in [7, 11) is -3.28. The van der Waals surface area contributed by atoms with Gasteiger partial charge in [-0.2, -0.15) is 0 Å². The molecule has 0 saturated carbocycles. The van der Waals surface area contributed by atoms with Crippen molar-refractivity contribution in [1.29, 1.82) is 0 Å². The highest BCUT2D eigenvalue weighted by atomic mass is 35.5. The Morgan fingerprint density at radius 2 is 1.65 bits per heavy atom. The monoisotopic (exact) mass is 347 g/mol. The third kappa shape index (κ3) is 3.83. The minimum Gasteiger partial charge on any atom is -0.291 e. The normalized spacial score (nSPS) is 15.3. The SMILES string of the molecule is CS(=O)(=O)C(=C1CN(Cc2ccccc2)C1)c1ccc(Cl)cc1. The van der Waals surface area contributed by atoms with Gasteiger partial charge in [0.2, 0.25) is 0 Å². The Morgan fingerprint density at radius 3 is 2.22 bits per heavy atom. The van der Waals surface area contributed by atoms with Gasteiger partial charge in [-0.05, 0) is 28.8 Å². The van der Waals surface area contributed by atoms with E-state index in [1.807, 2.05) is 18.2 Å². The van der Waals surface area contributed by atoms with E-state index in [2.05, 4.69) is 17.0 Å². The molecule has 0 amide bonds. The molecule has 2 aromatic rings. The van der Waals surface area contributed by atoms with E-state index in [9.17, 15) is 8.42 Å². The summed E-state index contributed by atoms with van der Waals surface area (Å²) >= 11 is 5.90. The van der Waals surface area contributed by atoms with Crippen LogP contribution in [0.25, 0.3) is 4.91 Å². The molecule has 1 aliphatic rings. The van der Waals surface area contributed by atoms with E-state index >= 15 is 0 Å². The first-order chi connectivity index (χ1) is 10.9. The zero-order valence-electron chi connectivity index (χ0n) is 12.9. The van der Waals surface area contributed by atoms with Gasteiger partial charge in [0.25, 0.3) is 0 Å². The van der Waals surface area contributed by atoms with Gasteiger partial charge >= 0.3 is 0 Å². The number of sulfone groups is 1. The Hall–Kier alpha value is -1.62. The summed E-state index contributed by atoms with van der Waals surface area (Å²) in [6, 6.07) is 17.2. The molecule has 2 aromatic carbocycles. The predicted octanol–water partition coefficient (Wildman–Crippen LogP) is 3.61. The summed E-state index contributed by atoms with van der Waals surface area (Å²) in [6.45, 7) is 2.20. The number of hydrogen-bond donors (Lipinski definition) is 0. The molecule has 1 fully saturated rings. The lowest BCUT2D eigenvalue weighted by atomic mass is 10.0. The topological polar surface area (TPSA) is 37.4 Å². The van der Waals surface area contributed by atoms with Crippen molar-refractivity contribution < 1.29 is 8.42 Å². The van der Waals surface area contributed by atoms with Crippen LogP contribution in [-0.2, 0) is 16.4 Å². The fourth-order valence-electron chi connectivity index (χ4n) is 2.87. The molecule has 0 radical (unpaired) electrons. The number of benzene rings is 2. The fourth-order valence-corrected chi connectivity index (χ4v) is 4.22. The van der Waals surface area contributed by atoms with E-state index < -0.39 is 9.84 Å². The summed E-state index contributed by atoms with van der Waals surface area (Å²) in [5, 5.41) is 0.603. The summed E-state index contributed by atoms with van der Waals surface area (Å²) in [5.74, 6) is 0. The first-order valence-electron chi connectivity index (χ1n) is 7.38. The first kappa shape index (κ1) is 16.2. The van der Waals surface area contributed by atoms with E-state index in [0.717, 1.165) is 12.1 Å². The average molecular weight is 348 g/mol. The van der Waals surface area contributed by atoms with Crippen molar-refractivity contribution in [3.8, 4) is 0 Å². The minimum atomic E-state index is -3.28. The molecule has 5 heteroatoms. The Balaban J connectivity index is 1.82. The molecule has 0 spiro atoms. The molecule has 0 N–H and O–H groups in total. The van der Waals surface area contributed by atoms with Crippen LogP contribution in [0.15, 0.2) is 60.2 Å². The number of nitrogens with zero attached hydrogens (tertiary/aromatic N) is 1. The van der Waals surface area contributed by atoms with Crippen LogP contribution < -0.4 is 0 Å². The third-order valence-corrected chi connectivity index (χ3v) is 5.39. The number of rotatable bonds is 4. The number of likely N-dealkylation sites (tertiary alicyclic amines) is 1. The van der Waals surface area contributed by atoms with Crippen LogP contribution in [0.4, 0.5) is 0 Å². The molecule has 23 heavy (non-hydrogen) atoms. The quantitative estimate of drug-likeness (QED) is 0.847. The highest BCUT2D eigenvalue weighted by Gasteiger charge is 2.28. The highest BCUT2D eigenvalue weighted by Crippen LogP contribution is 2.31. The standard InChI is InChI=1S/C18H18ClNO2S/c1-23(21,22)18(15-7-9-17(19)10-8-15)16-12-20(13-16)11-14-5-3-2-4-6-14/h2-10H,11-13H2,1H3. The van der Waals surface area contributed by atoms with Gasteiger partial charge in [0.05, 0.1) is 4.91 Å². The van der Waals surface area contributed by atoms with Crippen LogP contribution in [0, 0.1) is 0 Å². The lowest BCUT2D eigenvalue weighted by Gasteiger charge is -2.35. The maximum Gasteiger partial charge on any atom is 0.176 e. The van der Waals surface area contributed by atoms with E-state index in [4.69, 9.17) is 11.6 Å². The molecule has 1 heterocycles. The van der Waals surface area contributed by atoms with Gasteiger partial charge < -0.3 is 0 Å². The third-order valence-electron chi connectivity index (χ3n) is 3.88. The summed E-state index contributed by atoms with van der Waals surface area (Å²) < 4.78 is 24.4. The van der Waals surface area contributed by atoms with E-state index in [0.29, 0.717) is 28.6 Å². The van der Waals surface area contributed by atoms with Gasteiger partial charge in [-0.15, -0.1) is 0 Å². The molecule has 3 rings (SSSR count). The van der Waals surface area contributed by atoms with Gasteiger partial charge in [0.15, 0.2) is 9.84 Å². The summed E-state index contributed by atoms with van der Waals surface area (Å²) in [6.07, 6.45) is 1.27. The van der Waals surface area contributed by atoms with Crippen molar-refractivity contribution in [2.45, 2.75) is 6.54 Å². The van der Waals surface area contributed by atoms with Gasteiger partial charge in [0, 0.05) is 30.9 Å². The molecule has 1 saturated heterocycles. The lowest BCUT2D eigenvalue weighted by molar-refractivity contribution is 0.243. The molecule has 0 aliphatic carbocycles. The summed E-state index contributed by atoms with van der Waals surface area (Å²) in [4.78, 5) is 2.67. The fraction of sp³-hybridized carbons (Fsp3) is 0.222. The second kappa shape index (κ2) is 6.48. The van der Waals surface area contributed by atoms with Crippen molar-refractivity contribution in [3.63, 3.8) is 0 Å². The molecule has 0 aromatic heterocycles. The van der Waals surface area contributed by atoms with Crippen LogP contribution in [0.5, 0.6) is 0 Å². The minimum absolute atomic E-state index is 0.443. The molecule has 0 unspecified atom stereocenters. The van der Waals surface area contributed by atoms with Gasteiger partial charge in [-0.3, -0.25) is 4.90 Å². The Bertz CT molecular complexity index is 819. The van der Waals surface area contributed by atoms with Crippen LogP contribution >= 0.6 is 11.6 Å². The average Bonchev–Trinajstić information content (AvgIpc) is 2.46. The molecule has 0 bridgehead atoms. The molecule has 1 aliphatic heterocycles. The van der Waals surface area contributed by atoms with Crippen molar-refractivity contribution in [2.24, 2.45) is 0 Å². The second-order valence-corrected chi connectivity index (χ2v) is 8.23.